The van der Waals surface area contributed by atoms with E-state index in [1.807, 2.05) is 25.2 Å². The second-order valence-corrected chi connectivity index (χ2v) is 6.11. The van der Waals surface area contributed by atoms with E-state index < -0.39 is 0 Å². The van der Waals surface area contributed by atoms with Gasteiger partial charge >= 0.3 is 0 Å². The van der Waals surface area contributed by atoms with Gasteiger partial charge in [-0.1, -0.05) is 0 Å². The zero-order chi connectivity index (χ0) is 17.2. The summed E-state index contributed by atoms with van der Waals surface area (Å²) in [5.41, 5.74) is 1.79. The van der Waals surface area contributed by atoms with E-state index in [0.717, 1.165) is 22.0 Å². The van der Waals surface area contributed by atoms with Crippen LogP contribution in [-0.2, 0) is 11.3 Å². The molecule has 2 aliphatic heterocycles. The zero-order valence-corrected chi connectivity index (χ0v) is 13.8. The van der Waals surface area contributed by atoms with Crippen LogP contribution in [0.25, 0.3) is 0 Å². The van der Waals surface area contributed by atoms with Crippen LogP contribution in [0.5, 0.6) is 23.0 Å². The maximum atomic E-state index is 12.3. The molecule has 0 saturated heterocycles. The zero-order valence-electron chi connectivity index (χ0n) is 13.8. The first-order valence-corrected chi connectivity index (χ1v) is 8.07. The number of carbonyl (C=O) groups is 1. The first kappa shape index (κ1) is 15.6. The molecule has 2 aromatic rings. The van der Waals surface area contributed by atoms with Gasteiger partial charge in [0.1, 0.15) is 6.54 Å². The number of nitrogens with one attached hydrogen (secondary N) is 2. The summed E-state index contributed by atoms with van der Waals surface area (Å²) in [6.45, 7) is 1.54. The van der Waals surface area contributed by atoms with Crippen molar-refractivity contribution in [3.63, 3.8) is 0 Å². The van der Waals surface area contributed by atoms with Gasteiger partial charge in [-0.05, 0) is 30.3 Å². The topological polar surface area (TPSA) is 70.5 Å². The molecule has 7 nitrogen and oxygen atoms in total. The minimum atomic E-state index is -0.0582. The molecule has 2 aromatic carbocycles. The molecule has 0 bridgehead atoms. The van der Waals surface area contributed by atoms with Gasteiger partial charge in [0.2, 0.25) is 13.6 Å². The number of hydrogen-bond donors (Lipinski definition) is 2. The first-order chi connectivity index (χ1) is 12.2. The Balaban J connectivity index is 1.33. The van der Waals surface area contributed by atoms with Crippen molar-refractivity contribution in [2.45, 2.75) is 6.54 Å². The molecule has 7 heteroatoms. The third-order valence-electron chi connectivity index (χ3n) is 4.06. The fourth-order valence-corrected chi connectivity index (χ4v) is 2.92. The van der Waals surface area contributed by atoms with E-state index in [2.05, 4.69) is 5.32 Å². The van der Waals surface area contributed by atoms with E-state index in [0.29, 0.717) is 30.3 Å². The van der Waals surface area contributed by atoms with Crippen molar-refractivity contribution in [3.8, 4) is 23.0 Å². The summed E-state index contributed by atoms with van der Waals surface area (Å²) in [7, 11) is 1.98. The highest BCUT2D eigenvalue weighted by atomic mass is 16.7. The van der Waals surface area contributed by atoms with Gasteiger partial charge in [-0.3, -0.25) is 4.79 Å². The van der Waals surface area contributed by atoms with Crippen LogP contribution in [0.15, 0.2) is 36.4 Å². The van der Waals surface area contributed by atoms with Crippen molar-refractivity contribution in [2.75, 3.05) is 32.5 Å². The number of fused-ring (bicyclic) bond motifs is 2. The Hall–Kier alpha value is -2.93. The van der Waals surface area contributed by atoms with E-state index in [-0.39, 0.29) is 19.5 Å². The Morgan fingerprint density at radius 1 is 0.960 bits per heavy atom. The Morgan fingerprint density at radius 2 is 1.60 bits per heavy atom. The van der Waals surface area contributed by atoms with Crippen LogP contribution in [0, 0.1) is 0 Å². The number of rotatable bonds is 5. The molecule has 2 N–H and O–H groups in total. The summed E-state index contributed by atoms with van der Waals surface area (Å²) in [6, 6.07) is 11.2. The number of carbonyl (C=O) groups excluding carboxylic acids is 1. The third kappa shape index (κ3) is 3.46. The van der Waals surface area contributed by atoms with Gasteiger partial charge in [-0.25, -0.2) is 0 Å². The molecule has 25 heavy (non-hydrogen) atoms. The molecule has 130 valence electrons. The summed E-state index contributed by atoms with van der Waals surface area (Å²) < 4.78 is 21.3. The molecule has 2 heterocycles. The summed E-state index contributed by atoms with van der Waals surface area (Å²) in [4.78, 5) is 13.3. The lowest BCUT2D eigenvalue weighted by Gasteiger charge is -2.14. The summed E-state index contributed by atoms with van der Waals surface area (Å²) in [5, 5.41) is 2.89. The van der Waals surface area contributed by atoms with Crippen molar-refractivity contribution in [2.24, 2.45) is 0 Å². The normalized spacial score (nSPS) is 15.1. The molecule has 0 radical (unpaired) electrons. The van der Waals surface area contributed by atoms with Crippen LogP contribution in [0.1, 0.15) is 5.56 Å². The van der Waals surface area contributed by atoms with Gasteiger partial charge < -0.3 is 29.2 Å². The van der Waals surface area contributed by atoms with Gasteiger partial charge in [0.25, 0.3) is 5.91 Å². The molecular formula is C18H19N2O5+. The SMILES string of the molecule is C[NH+](CC(=O)Nc1ccc2c(c1)OCO2)Cc1ccc2c(c1)OCO2. The second-order valence-electron chi connectivity index (χ2n) is 6.11. The van der Waals surface area contributed by atoms with Gasteiger partial charge in [0.15, 0.2) is 29.5 Å². The van der Waals surface area contributed by atoms with Crippen molar-refractivity contribution >= 4 is 11.6 Å². The number of benzene rings is 2. The van der Waals surface area contributed by atoms with Crippen LogP contribution in [-0.4, -0.2) is 33.1 Å². The molecule has 2 aliphatic rings. The molecule has 0 fully saturated rings. The van der Waals surface area contributed by atoms with E-state index in [1.54, 1.807) is 18.2 Å². The lowest BCUT2D eigenvalue weighted by atomic mass is 10.2. The van der Waals surface area contributed by atoms with E-state index >= 15 is 0 Å². The Kier molecular flexibility index (Phi) is 4.07. The number of ether oxygens (including phenoxy) is 4. The van der Waals surface area contributed by atoms with Crippen LogP contribution < -0.4 is 29.2 Å². The van der Waals surface area contributed by atoms with Crippen molar-refractivity contribution in [3.05, 3.63) is 42.0 Å². The quantitative estimate of drug-likeness (QED) is 0.840. The van der Waals surface area contributed by atoms with Crippen molar-refractivity contribution < 1.29 is 28.6 Å². The predicted molar refractivity (Wildman–Crippen MR) is 89.2 cm³/mol. The number of anilines is 1. The maximum absolute atomic E-state index is 12.3. The number of hydrogen-bond acceptors (Lipinski definition) is 5. The predicted octanol–water partition coefficient (Wildman–Crippen LogP) is 0.797. The summed E-state index contributed by atoms with van der Waals surface area (Å²) in [6.07, 6.45) is 0. The average Bonchev–Trinajstić information content (AvgIpc) is 3.22. The first-order valence-electron chi connectivity index (χ1n) is 8.07. The molecular weight excluding hydrogens is 324 g/mol. The van der Waals surface area contributed by atoms with Gasteiger partial charge in [-0.15, -0.1) is 0 Å². The number of amides is 1. The van der Waals surface area contributed by atoms with E-state index in [4.69, 9.17) is 18.9 Å². The number of quaternary nitrogens is 1. The fraction of sp³-hybridized carbons (Fsp3) is 0.278. The minimum absolute atomic E-state index is 0.0582. The monoisotopic (exact) mass is 343 g/mol. The summed E-state index contributed by atoms with van der Waals surface area (Å²) in [5.74, 6) is 2.82. The Morgan fingerprint density at radius 3 is 2.36 bits per heavy atom. The molecule has 0 aliphatic carbocycles. The van der Waals surface area contributed by atoms with Crippen LogP contribution in [0.2, 0.25) is 0 Å². The fourth-order valence-electron chi connectivity index (χ4n) is 2.92. The third-order valence-corrected chi connectivity index (χ3v) is 4.06. The molecule has 0 aromatic heterocycles. The highest BCUT2D eigenvalue weighted by Crippen LogP contribution is 2.34. The van der Waals surface area contributed by atoms with Gasteiger partial charge in [-0.2, -0.15) is 0 Å². The van der Waals surface area contributed by atoms with Crippen LogP contribution in [0.4, 0.5) is 5.69 Å². The van der Waals surface area contributed by atoms with E-state index in [1.165, 1.54) is 0 Å². The van der Waals surface area contributed by atoms with Crippen molar-refractivity contribution in [1.82, 2.24) is 0 Å². The minimum Gasteiger partial charge on any atom is -0.454 e. The molecule has 0 spiro atoms. The highest BCUT2D eigenvalue weighted by molar-refractivity contribution is 5.91. The average molecular weight is 343 g/mol. The number of likely N-dealkylation sites (N-methyl/N-ethyl adjacent to an activating group) is 1. The largest absolute Gasteiger partial charge is 0.454 e. The standard InChI is InChI=1S/C18H18N2O5/c1-20(8-12-2-4-14-16(6-12)24-10-22-14)9-18(21)19-13-3-5-15-17(7-13)25-11-23-15/h2-7H,8-11H2,1H3,(H,19,21)/p+1. The smallest absolute Gasteiger partial charge is 0.279 e. The molecule has 1 amide bonds. The summed E-state index contributed by atoms with van der Waals surface area (Å²) >= 11 is 0. The van der Waals surface area contributed by atoms with Crippen LogP contribution >= 0.6 is 0 Å². The molecule has 0 saturated carbocycles. The van der Waals surface area contributed by atoms with Crippen molar-refractivity contribution in [1.29, 1.82) is 0 Å². The maximum Gasteiger partial charge on any atom is 0.279 e. The molecule has 1 atom stereocenters. The molecule has 4 rings (SSSR count). The molecule has 1 unspecified atom stereocenters. The Labute approximate surface area is 145 Å². The highest BCUT2D eigenvalue weighted by Gasteiger charge is 2.17. The van der Waals surface area contributed by atoms with Gasteiger partial charge in [0.05, 0.1) is 7.05 Å². The lowest BCUT2D eigenvalue weighted by Crippen LogP contribution is -3.08. The van der Waals surface area contributed by atoms with E-state index in [9.17, 15) is 4.79 Å². The van der Waals surface area contributed by atoms with Gasteiger partial charge in [0, 0.05) is 17.3 Å². The second kappa shape index (κ2) is 6.52. The lowest BCUT2D eigenvalue weighted by molar-refractivity contribution is -0.885. The van der Waals surface area contributed by atoms with Crippen LogP contribution in [0.3, 0.4) is 0 Å². The Bertz CT molecular complexity index is 808.